The number of hydrogen-bond acceptors (Lipinski definition) is 4. The van der Waals surface area contributed by atoms with Crippen molar-refractivity contribution in [2.75, 3.05) is 7.05 Å². The molecule has 0 aliphatic heterocycles. The maximum Gasteiger partial charge on any atom is 0.273 e. The molecule has 0 fully saturated rings. The zero-order valence-electron chi connectivity index (χ0n) is 14.6. The lowest BCUT2D eigenvalue weighted by atomic mass is 10.2. The van der Waals surface area contributed by atoms with Gasteiger partial charge in [-0.3, -0.25) is 14.2 Å². The van der Waals surface area contributed by atoms with Crippen LogP contribution >= 0.6 is 11.3 Å². The minimum atomic E-state index is -0.645. The molecule has 0 saturated carbocycles. The van der Waals surface area contributed by atoms with E-state index in [-0.39, 0.29) is 14.8 Å². The third kappa shape index (κ3) is 3.75. The van der Waals surface area contributed by atoms with Gasteiger partial charge in [0.05, 0.1) is 10.2 Å². The van der Waals surface area contributed by atoms with E-state index in [0.717, 1.165) is 11.3 Å². The number of benzene rings is 2. The summed E-state index contributed by atoms with van der Waals surface area (Å²) in [6, 6.07) is 12.5. The van der Waals surface area contributed by atoms with E-state index in [0.29, 0.717) is 11.3 Å². The molecule has 3 aromatic rings. The van der Waals surface area contributed by atoms with Gasteiger partial charge < -0.3 is 5.32 Å². The average molecular weight is 397 g/mol. The summed E-state index contributed by atoms with van der Waals surface area (Å²) in [6.45, 7) is 0. The second-order valence-corrected chi connectivity index (χ2v) is 6.68. The second-order valence-electron chi connectivity index (χ2n) is 5.65. The zero-order valence-corrected chi connectivity index (χ0v) is 15.4. The van der Waals surface area contributed by atoms with Crippen LogP contribution in [0.15, 0.2) is 53.3 Å². The summed E-state index contributed by atoms with van der Waals surface area (Å²) in [4.78, 5) is 25.1. The molecule has 1 heterocycles. The maximum atomic E-state index is 13.3. The van der Waals surface area contributed by atoms with Crippen molar-refractivity contribution in [2.24, 2.45) is 0 Å². The van der Waals surface area contributed by atoms with Crippen molar-refractivity contribution in [1.29, 1.82) is 5.26 Å². The topological polar surface area (TPSA) is 74.9 Å². The van der Waals surface area contributed by atoms with E-state index in [2.05, 4.69) is 5.32 Å². The standard InChI is InChI=1S/C20H13F2N3O2S/c1-24-18(26)16(11-23)20-25(15-8-6-14(22)7-9-15)19(27)17(28-20)10-12-2-4-13(21)5-3-12/h2-10H,1H3,(H,24,26)/b17-10-,20-16-. The monoisotopic (exact) mass is 397 g/mol. The Bertz CT molecular complexity index is 1250. The fourth-order valence-corrected chi connectivity index (χ4v) is 3.61. The molecule has 0 spiro atoms. The van der Waals surface area contributed by atoms with E-state index in [4.69, 9.17) is 0 Å². The van der Waals surface area contributed by atoms with Crippen molar-refractivity contribution >= 4 is 28.9 Å². The van der Waals surface area contributed by atoms with Crippen LogP contribution in [0.1, 0.15) is 5.56 Å². The number of carbonyl (C=O) groups excluding carboxylic acids is 1. The molecule has 0 bridgehead atoms. The van der Waals surface area contributed by atoms with Gasteiger partial charge >= 0.3 is 0 Å². The first-order valence-electron chi connectivity index (χ1n) is 8.06. The summed E-state index contributed by atoms with van der Waals surface area (Å²) in [5.74, 6) is -1.54. The van der Waals surface area contributed by atoms with E-state index >= 15 is 0 Å². The summed E-state index contributed by atoms with van der Waals surface area (Å²) >= 11 is 0.948. The predicted octanol–water partition coefficient (Wildman–Crippen LogP) is 1.43. The number of aromatic nitrogens is 1. The summed E-state index contributed by atoms with van der Waals surface area (Å²) in [5.41, 5.74) is 0.171. The number of rotatable bonds is 3. The smallest absolute Gasteiger partial charge is 0.273 e. The van der Waals surface area contributed by atoms with Gasteiger partial charge in [0, 0.05) is 7.05 Å². The lowest BCUT2D eigenvalue weighted by Crippen LogP contribution is -2.33. The molecule has 1 amide bonds. The highest BCUT2D eigenvalue weighted by molar-refractivity contribution is 7.07. The van der Waals surface area contributed by atoms with Gasteiger partial charge in [0.2, 0.25) is 0 Å². The van der Waals surface area contributed by atoms with Crippen molar-refractivity contribution in [3.63, 3.8) is 0 Å². The second kappa shape index (κ2) is 7.98. The fraction of sp³-hybridized carbons (Fsp3) is 0.0500. The third-order valence-corrected chi connectivity index (χ3v) is 4.95. The van der Waals surface area contributed by atoms with Crippen LogP contribution in [-0.4, -0.2) is 17.5 Å². The van der Waals surface area contributed by atoms with Crippen LogP contribution in [0.25, 0.3) is 17.3 Å². The molecule has 2 aromatic carbocycles. The number of amides is 1. The highest BCUT2D eigenvalue weighted by Gasteiger charge is 2.16. The SMILES string of the molecule is CNC(=O)/C(C#N)=c1\s/c(=C\c2ccc(F)cc2)c(=O)n1-c1ccc(F)cc1. The molecule has 140 valence electrons. The number of carbonyl (C=O) groups is 1. The van der Waals surface area contributed by atoms with E-state index in [9.17, 15) is 23.6 Å². The first kappa shape index (κ1) is 19.2. The highest BCUT2D eigenvalue weighted by atomic mass is 32.1. The van der Waals surface area contributed by atoms with Gasteiger partial charge in [0.15, 0.2) is 5.57 Å². The Hall–Kier alpha value is -3.57. The van der Waals surface area contributed by atoms with E-state index in [1.165, 1.54) is 66.2 Å². The van der Waals surface area contributed by atoms with Gasteiger partial charge in [-0.15, -0.1) is 11.3 Å². The number of nitrogens with zero attached hydrogens (tertiary/aromatic N) is 2. The third-order valence-electron chi connectivity index (χ3n) is 3.86. The van der Waals surface area contributed by atoms with Crippen LogP contribution in [0, 0.1) is 23.0 Å². The molecular weight excluding hydrogens is 384 g/mol. The minimum absolute atomic E-state index is 0.117. The summed E-state index contributed by atoms with van der Waals surface area (Å²) < 4.78 is 28.0. The Balaban J connectivity index is 2.39. The van der Waals surface area contributed by atoms with Crippen molar-refractivity contribution < 1.29 is 13.6 Å². The molecule has 0 atom stereocenters. The zero-order chi connectivity index (χ0) is 20.3. The fourth-order valence-electron chi connectivity index (χ4n) is 2.51. The molecule has 0 aliphatic rings. The molecule has 8 heteroatoms. The normalized spacial score (nSPS) is 12.4. The Morgan fingerprint density at radius 3 is 2.21 bits per heavy atom. The minimum Gasteiger partial charge on any atom is -0.354 e. The average Bonchev–Trinajstić information content (AvgIpc) is 3.00. The van der Waals surface area contributed by atoms with Gasteiger partial charge in [-0.1, -0.05) is 12.1 Å². The van der Waals surface area contributed by atoms with Gasteiger partial charge in [0.25, 0.3) is 11.5 Å². The first-order chi connectivity index (χ1) is 13.4. The van der Waals surface area contributed by atoms with Crippen molar-refractivity contribution in [1.82, 2.24) is 9.88 Å². The molecule has 0 unspecified atom stereocenters. The molecule has 0 radical (unpaired) electrons. The molecule has 1 N–H and O–H groups in total. The number of halogens is 2. The number of nitrogens with one attached hydrogen (secondary N) is 1. The number of hydrogen-bond donors (Lipinski definition) is 1. The molecule has 0 aliphatic carbocycles. The van der Waals surface area contributed by atoms with E-state index in [1.807, 2.05) is 6.07 Å². The van der Waals surface area contributed by atoms with Gasteiger partial charge in [-0.05, 0) is 48.0 Å². The summed E-state index contributed by atoms with van der Waals surface area (Å²) in [5, 5.41) is 11.8. The van der Waals surface area contributed by atoms with Crippen LogP contribution in [0.5, 0.6) is 0 Å². The number of thiazole rings is 1. The molecule has 0 saturated heterocycles. The van der Waals surface area contributed by atoms with Crippen LogP contribution in [-0.2, 0) is 4.79 Å². The lowest BCUT2D eigenvalue weighted by Gasteiger charge is -2.03. The molecule has 5 nitrogen and oxygen atoms in total. The molecule has 3 rings (SSSR count). The predicted molar refractivity (Wildman–Crippen MR) is 102 cm³/mol. The van der Waals surface area contributed by atoms with Crippen LogP contribution in [0.4, 0.5) is 8.78 Å². The number of nitriles is 1. The molecular formula is C20H13F2N3O2S. The first-order valence-corrected chi connectivity index (χ1v) is 8.88. The molecule has 1 aromatic heterocycles. The van der Waals surface area contributed by atoms with Crippen LogP contribution < -0.4 is 20.1 Å². The molecule has 28 heavy (non-hydrogen) atoms. The van der Waals surface area contributed by atoms with Crippen molar-refractivity contribution in [3.8, 4) is 11.8 Å². The quantitative estimate of drug-likeness (QED) is 0.727. The Morgan fingerprint density at radius 1 is 1.11 bits per heavy atom. The highest BCUT2D eigenvalue weighted by Crippen LogP contribution is 2.07. The summed E-state index contributed by atoms with van der Waals surface area (Å²) in [7, 11) is 1.37. The van der Waals surface area contributed by atoms with E-state index in [1.54, 1.807) is 0 Å². The Kier molecular flexibility index (Phi) is 5.47. The van der Waals surface area contributed by atoms with Gasteiger partial charge in [-0.25, -0.2) is 8.78 Å². The van der Waals surface area contributed by atoms with Gasteiger partial charge in [-0.2, -0.15) is 5.26 Å². The van der Waals surface area contributed by atoms with Crippen LogP contribution in [0.2, 0.25) is 0 Å². The lowest BCUT2D eigenvalue weighted by molar-refractivity contribution is -0.115. The Labute approximate surface area is 162 Å². The van der Waals surface area contributed by atoms with Crippen molar-refractivity contribution in [2.45, 2.75) is 0 Å². The Morgan fingerprint density at radius 2 is 1.68 bits per heavy atom. The van der Waals surface area contributed by atoms with E-state index < -0.39 is 23.1 Å². The van der Waals surface area contributed by atoms with Gasteiger partial charge in [0.1, 0.15) is 22.4 Å². The van der Waals surface area contributed by atoms with Crippen molar-refractivity contribution in [3.05, 3.63) is 85.3 Å². The van der Waals surface area contributed by atoms with Crippen LogP contribution in [0.3, 0.4) is 0 Å². The summed E-state index contributed by atoms with van der Waals surface area (Å²) in [6.07, 6.45) is 1.54. The maximum absolute atomic E-state index is 13.3. The largest absolute Gasteiger partial charge is 0.354 e.